The van der Waals surface area contributed by atoms with Gasteiger partial charge in [-0.25, -0.2) is 18.1 Å². The van der Waals surface area contributed by atoms with Crippen LogP contribution in [0.25, 0.3) is 0 Å². The Morgan fingerprint density at radius 3 is 2.75 bits per heavy atom. The molecule has 0 saturated heterocycles. The van der Waals surface area contributed by atoms with E-state index in [-0.39, 0.29) is 10.9 Å². The van der Waals surface area contributed by atoms with E-state index < -0.39 is 10.0 Å². The predicted octanol–water partition coefficient (Wildman–Crippen LogP) is 2.34. The van der Waals surface area contributed by atoms with Crippen molar-refractivity contribution in [1.29, 1.82) is 0 Å². The van der Waals surface area contributed by atoms with Crippen LogP contribution >= 0.6 is 23.4 Å². The number of hydrogen-bond donors (Lipinski definition) is 2. The summed E-state index contributed by atoms with van der Waals surface area (Å²) in [6, 6.07) is 1.42. The van der Waals surface area contributed by atoms with Crippen LogP contribution in [0.1, 0.15) is 19.3 Å². The van der Waals surface area contributed by atoms with E-state index >= 15 is 0 Å². The van der Waals surface area contributed by atoms with E-state index in [1.165, 1.54) is 12.3 Å². The van der Waals surface area contributed by atoms with E-state index in [4.69, 9.17) is 11.6 Å². The van der Waals surface area contributed by atoms with Gasteiger partial charge in [-0.2, -0.15) is 11.8 Å². The lowest BCUT2D eigenvalue weighted by molar-refractivity contribution is 0.552. The normalized spacial score (nSPS) is 22.9. The van der Waals surface area contributed by atoms with E-state index in [0.717, 1.165) is 19.3 Å². The number of nitrogens with one attached hydrogen (secondary N) is 2. The first-order chi connectivity index (χ1) is 9.46. The van der Waals surface area contributed by atoms with Gasteiger partial charge in [0, 0.05) is 24.5 Å². The number of rotatable bonds is 5. The maximum atomic E-state index is 12.3. The minimum Gasteiger partial charge on any atom is -0.372 e. The van der Waals surface area contributed by atoms with Crippen LogP contribution in [0.2, 0.25) is 5.02 Å². The highest BCUT2D eigenvalue weighted by Gasteiger charge is 2.28. The molecule has 1 aliphatic carbocycles. The van der Waals surface area contributed by atoms with Crippen molar-refractivity contribution in [3.05, 3.63) is 17.3 Å². The van der Waals surface area contributed by atoms with Crippen LogP contribution < -0.4 is 10.0 Å². The van der Waals surface area contributed by atoms with Crippen molar-refractivity contribution in [1.82, 2.24) is 9.71 Å². The highest BCUT2D eigenvalue weighted by atomic mass is 35.5. The molecule has 1 fully saturated rings. The van der Waals surface area contributed by atoms with Crippen LogP contribution in [-0.4, -0.2) is 38.0 Å². The molecule has 1 saturated carbocycles. The fraction of sp³-hybridized carbons (Fsp3) is 0.583. The average molecular weight is 336 g/mol. The summed E-state index contributed by atoms with van der Waals surface area (Å²) in [5, 5.41) is 3.63. The molecule has 1 heterocycles. The molecule has 112 valence electrons. The highest BCUT2D eigenvalue weighted by Crippen LogP contribution is 2.29. The molecule has 1 aromatic heterocycles. The zero-order valence-electron chi connectivity index (χ0n) is 11.4. The number of thioether (sulfide) groups is 1. The SMILES string of the molecule is CNc1ncc(S(=O)(=O)NC2CCC(SC)C2)cc1Cl. The number of halogens is 1. The molecule has 5 nitrogen and oxygen atoms in total. The Morgan fingerprint density at radius 1 is 1.45 bits per heavy atom. The van der Waals surface area contributed by atoms with Crippen molar-refractivity contribution in [2.24, 2.45) is 0 Å². The van der Waals surface area contributed by atoms with Crippen molar-refractivity contribution in [3.8, 4) is 0 Å². The van der Waals surface area contributed by atoms with Crippen molar-refractivity contribution in [2.75, 3.05) is 18.6 Å². The molecule has 0 amide bonds. The zero-order chi connectivity index (χ0) is 14.8. The van der Waals surface area contributed by atoms with E-state index in [9.17, 15) is 8.42 Å². The molecule has 2 atom stereocenters. The van der Waals surface area contributed by atoms with Gasteiger partial charge in [0.1, 0.15) is 10.7 Å². The Labute approximate surface area is 128 Å². The van der Waals surface area contributed by atoms with Gasteiger partial charge < -0.3 is 5.32 Å². The molecule has 1 aliphatic rings. The predicted molar refractivity (Wildman–Crippen MR) is 84.1 cm³/mol. The lowest BCUT2D eigenvalue weighted by Crippen LogP contribution is -2.33. The molecule has 2 rings (SSSR count). The first kappa shape index (κ1) is 15.9. The van der Waals surface area contributed by atoms with Gasteiger partial charge in [-0.1, -0.05) is 11.6 Å². The fourth-order valence-electron chi connectivity index (χ4n) is 2.30. The Balaban J connectivity index is 2.12. The van der Waals surface area contributed by atoms with Crippen LogP contribution in [0.3, 0.4) is 0 Å². The van der Waals surface area contributed by atoms with Crippen molar-refractivity contribution < 1.29 is 8.42 Å². The average Bonchev–Trinajstić information content (AvgIpc) is 2.85. The minimum absolute atomic E-state index is 0.000187. The third kappa shape index (κ3) is 3.58. The monoisotopic (exact) mass is 335 g/mol. The quantitative estimate of drug-likeness (QED) is 0.864. The lowest BCUT2D eigenvalue weighted by atomic mass is 10.3. The fourth-order valence-corrected chi connectivity index (χ4v) is 4.68. The molecule has 0 radical (unpaired) electrons. The smallest absolute Gasteiger partial charge is 0.242 e. The van der Waals surface area contributed by atoms with E-state index in [2.05, 4.69) is 21.3 Å². The minimum atomic E-state index is -3.56. The molecule has 20 heavy (non-hydrogen) atoms. The highest BCUT2D eigenvalue weighted by molar-refractivity contribution is 7.99. The molecule has 0 aromatic carbocycles. The summed E-state index contributed by atoms with van der Waals surface area (Å²) in [4.78, 5) is 4.11. The van der Waals surface area contributed by atoms with E-state index in [1.54, 1.807) is 18.8 Å². The van der Waals surface area contributed by atoms with Crippen molar-refractivity contribution in [3.63, 3.8) is 0 Å². The first-order valence-corrected chi connectivity index (χ1v) is 9.49. The van der Waals surface area contributed by atoms with Gasteiger partial charge in [-0.05, 0) is 31.6 Å². The van der Waals surface area contributed by atoms with Crippen LogP contribution in [0.15, 0.2) is 17.2 Å². The number of pyridine rings is 1. The molecule has 2 unspecified atom stereocenters. The summed E-state index contributed by atoms with van der Waals surface area (Å²) in [5.74, 6) is 0.467. The molecule has 2 N–H and O–H groups in total. The summed E-state index contributed by atoms with van der Waals surface area (Å²) in [6.45, 7) is 0. The van der Waals surface area contributed by atoms with Gasteiger partial charge in [0.05, 0.1) is 5.02 Å². The largest absolute Gasteiger partial charge is 0.372 e. The second-order valence-electron chi connectivity index (χ2n) is 4.74. The molecule has 8 heteroatoms. The number of anilines is 1. The number of nitrogens with zero attached hydrogens (tertiary/aromatic N) is 1. The summed E-state index contributed by atoms with van der Waals surface area (Å²) >= 11 is 7.77. The standard InChI is InChI=1S/C12H18ClN3O2S2/c1-14-12-11(13)6-10(7-15-12)20(17,18)16-8-3-4-9(5-8)19-2/h6-9,16H,3-5H2,1-2H3,(H,14,15). The van der Waals surface area contributed by atoms with Crippen molar-refractivity contribution in [2.45, 2.75) is 35.4 Å². The molecule has 0 aliphatic heterocycles. The van der Waals surface area contributed by atoms with Gasteiger partial charge in [-0.15, -0.1) is 0 Å². The van der Waals surface area contributed by atoms with Gasteiger partial charge in [-0.3, -0.25) is 0 Å². The Morgan fingerprint density at radius 2 is 2.20 bits per heavy atom. The van der Waals surface area contributed by atoms with Gasteiger partial charge in [0.25, 0.3) is 0 Å². The summed E-state index contributed by atoms with van der Waals surface area (Å²) in [7, 11) is -1.87. The maximum absolute atomic E-state index is 12.3. The van der Waals surface area contributed by atoms with Crippen LogP contribution in [0, 0.1) is 0 Å². The third-order valence-corrected chi connectivity index (χ3v) is 6.27. The zero-order valence-corrected chi connectivity index (χ0v) is 13.8. The van der Waals surface area contributed by atoms with Crippen molar-refractivity contribution >= 4 is 39.2 Å². The maximum Gasteiger partial charge on any atom is 0.242 e. The second-order valence-corrected chi connectivity index (χ2v) is 8.00. The number of hydrogen-bond acceptors (Lipinski definition) is 5. The van der Waals surface area contributed by atoms with Crippen LogP contribution in [-0.2, 0) is 10.0 Å². The Bertz CT molecular complexity index is 580. The second kappa shape index (κ2) is 6.51. The molecule has 0 bridgehead atoms. The topological polar surface area (TPSA) is 71.1 Å². The first-order valence-electron chi connectivity index (χ1n) is 6.34. The number of sulfonamides is 1. The van der Waals surface area contributed by atoms with E-state index in [0.29, 0.717) is 16.1 Å². The third-order valence-electron chi connectivity index (χ3n) is 3.40. The summed E-state index contributed by atoms with van der Waals surface area (Å²) in [6.07, 6.45) is 6.17. The molecular weight excluding hydrogens is 318 g/mol. The van der Waals surface area contributed by atoms with E-state index in [1.807, 2.05) is 0 Å². The summed E-state index contributed by atoms with van der Waals surface area (Å²) in [5.41, 5.74) is 0. The van der Waals surface area contributed by atoms with Gasteiger partial charge in [0.15, 0.2) is 0 Å². The lowest BCUT2D eigenvalue weighted by Gasteiger charge is -2.13. The summed E-state index contributed by atoms with van der Waals surface area (Å²) < 4.78 is 27.3. The van der Waals surface area contributed by atoms with Gasteiger partial charge in [0.2, 0.25) is 10.0 Å². The van der Waals surface area contributed by atoms with Crippen LogP contribution in [0.4, 0.5) is 5.82 Å². The van der Waals surface area contributed by atoms with Gasteiger partial charge >= 0.3 is 0 Å². The Hall–Kier alpha value is -0.500. The molecule has 1 aromatic rings. The van der Waals surface area contributed by atoms with Crippen LogP contribution in [0.5, 0.6) is 0 Å². The number of aromatic nitrogens is 1. The Kier molecular flexibility index (Phi) is 5.17. The molecule has 0 spiro atoms. The molecular formula is C12H18ClN3O2S2.